The van der Waals surface area contributed by atoms with E-state index in [2.05, 4.69) is 5.32 Å². The third-order valence-electron chi connectivity index (χ3n) is 3.11. The zero-order valence-electron chi connectivity index (χ0n) is 11.1. The number of nitrogens with one attached hydrogen (secondary N) is 1. The van der Waals surface area contributed by atoms with Gasteiger partial charge in [0, 0.05) is 17.2 Å². The molecule has 22 heavy (non-hydrogen) atoms. The quantitative estimate of drug-likeness (QED) is 0.802. The number of carboxylic acids is 1. The van der Waals surface area contributed by atoms with Crippen LogP contribution in [0.4, 0.5) is 5.69 Å². The van der Waals surface area contributed by atoms with Gasteiger partial charge in [0.25, 0.3) is 0 Å². The third-order valence-corrected chi connectivity index (χ3v) is 3.11. The summed E-state index contributed by atoms with van der Waals surface area (Å²) in [4.78, 5) is 33.7. The van der Waals surface area contributed by atoms with Crippen LogP contribution in [0.15, 0.2) is 24.3 Å². The minimum absolute atomic E-state index is 0. The van der Waals surface area contributed by atoms with Gasteiger partial charge < -0.3 is 10.4 Å². The summed E-state index contributed by atoms with van der Waals surface area (Å²) in [5.41, 5.74) is 1.10. The molecule has 0 heterocycles. The Balaban J connectivity index is -0.00000120. The smallest absolute Gasteiger partial charge is 0.307 e. The van der Waals surface area contributed by atoms with E-state index < -0.39 is 17.8 Å². The molecular weight excluding hydrogens is 282 g/mol. The highest BCUT2D eigenvalue weighted by Crippen LogP contribution is 2.16. The number of carbonyl (C=O) groups is 3. The van der Waals surface area contributed by atoms with Crippen LogP contribution in [-0.4, -0.2) is 22.8 Å². The Morgan fingerprint density at radius 2 is 1.41 bits per heavy atom. The second-order valence-corrected chi connectivity index (χ2v) is 4.54. The van der Waals surface area contributed by atoms with E-state index in [0.29, 0.717) is 11.3 Å². The maximum absolute atomic E-state index is 11.8. The molecule has 1 aromatic rings. The van der Waals surface area contributed by atoms with Crippen molar-refractivity contribution in [2.24, 2.45) is 11.8 Å². The maximum atomic E-state index is 11.8. The minimum atomic E-state index is -1.01. The standard InChI is InChI=1S/C14H17NO4.3CH4/c1-8(9(2)14(18)19)13(17)15-12-6-4-11(5-7-12)10(3)16;;;/h4-9H,1-3H3,(H,15,17)(H,18,19);3*1H4. The van der Waals surface area contributed by atoms with Gasteiger partial charge >= 0.3 is 5.97 Å². The number of amides is 1. The van der Waals surface area contributed by atoms with Crippen molar-refractivity contribution < 1.29 is 19.5 Å². The number of aliphatic carboxylic acids is 1. The lowest BCUT2D eigenvalue weighted by atomic mass is 9.95. The van der Waals surface area contributed by atoms with E-state index in [1.54, 1.807) is 31.2 Å². The van der Waals surface area contributed by atoms with Gasteiger partial charge in [-0.05, 0) is 31.2 Å². The first-order chi connectivity index (χ1) is 8.82. The van der Waals surface area contributed by atoms with E-state index in [4.69, 9.17) is 5.11 Å². The first-order valence-electron chi connectivity index (χ1n) is 5.97. The molecule has 0 saturated heterocycles. The number of ketones is 1. The van der Waals surface area contributed by atoms with Crippen molar-refractivity contribution in [1.29, 1.82) is 0 Å². The number of carbonyl (C=O) groups excluding carboxylic acids is 2. The molecule has 0 fully saturated rings. The fraction of sp³-hybridized carbons (Fsp3) is 0.471. The molecule has 2 atom stereocenters. The van der Waals surface area contributed by atoms with Crippen molar-refractivity contribution >= 4 is 23.3 Å². The fourth-order valence-corrected chi connectivity index (χ4v) is 1.49. The molecule has 0 aliphatic carbocycles. The Morgan fingerprint density at radius 3 is 1.77 bits per heavy atom. The van der Waals surface area contributed by atoms with Crippen LogP contribution in [0, 0.1) is 11.8 Å². The van der Waals surface area contributed by atoms with Gasteiger partial charge in [-0.2, -0.15) is 0 Å². The summed E-state index contributed by atoms with van der Waals surface area (Å²) in [5.74, 6) is -2.80. The zero-order chi connectivity index (χ0) is 14.6. The summed E-state index contributed by atoms with van der Waals surface area (Å²) in [6.07, 6.45) is 0. The molecule has 0 bridgehead atoms. The number of Topliss-reactive ketones (excluding diaryl/α,β-unsaturated/α-hetero) is 1. The number of rotatable bonds is 5. The van der Waals surface area contributed by atoms with Crippen LogP contribution in [-0.2, 0) is 9.59 Å². The number of anilines is 1. The van der Waals surface area contributed by atoms with E-state index in [1.807, 2.05) is 0 Å². The molecule has 5 heteroatoms. The number of hydrogen-bond acceptors (Lipinski definition) is 3. The normalized spacial score (nSPS) is 11.6. The maximum Gasteiger partial charge on any atom is 0.307 e. The SMILES string of the molecule is C.C.C.CC(=O)c1ccc(NC(=O)C(C)C(C)C(=O)O)cc1. The van der Waals surface area contributed by atoms with E-state index in [0.717, 1.165) is 0 Å². The summed E-state index contributed by atoms with van der Waals surface area (Å²) < 4.78 is 0. The van der Waals surface area contributed by atoms with Crippen molar-refractivity contribution in [3.8, 4) is 0 Å². The highest BCUT2D eigenvalue weighted by Gasteiger charge is 2.25. The van der Waals surface area contributed by atoms with Crippen LogP contribution < -0.4 is 5.32 Å². The van der Waals surface area contributed by atoms with Crippen molar-refractivity contribution in [1.82, 2.24) is 0 Å². The first kappa shape index (κ1) is 24.8. The zero-order valence-corrected chi connectivity index (χ0v) is 11.1. The highest BCUT2D eigenvalue weighted by molar-refractivity contribution is 5.97. The van der Waals surface area contributed by atoms with E-state index in [-0.39, 0.29) is 34.0 Å². The summed E-state index contributed by atoms with van der Waals surface area (Å²) >= 11 is 0. The Kier molecular flexibility index (Phi) is 11.9. The van der Waals surface area contributed by atoms with E-state index in [1.165, 1.54) is 13.8 Å². The van der Waals surface area contributed by atoms with Gasteiger partial charge in [-0.15, -0.1) is 0 Å². The van der Waals surface area contributed by atoms with Gasteiger partial charge in [-0.1, -0.05) is 36.1 Å². The summed E-state index contributed by atoms with van der Waals surface area (Å²) in [7, 11) is 0. The van der Waals surface area contributed by atoms with Gasteiger partial charge in [-0.25, -0.2) is 0 Å². The lowest BCUT2D eigenvalue weighted by molar-refractivity contribution is -0.145. The largest absolute Gasteiger partial charge is 0.481 e. The topological polar surface area (TPSA) is 83.5 Å². The summed E-state index contributed by atoms with van der Waals surface area (Å²) in [5, 5.41) is 11.5. The van der Waals surface area contributed by atoms with E-state index >= 15 is 0 Å². The van der Waals surface area contributed by atoms with Crippen LogP contribution in [0.5, 0.6) is 0 Å². The second-order valence-electron chi connectivity index (χ2n) is 4.54. The van der Waals surface area contributed by atoms with Gasteiger partial charge in [0.1, 0.15) is 0 Å². The Morgan fingerprint density at radius 1 is 0.955 bits per heavy atom. The van der Waals surface area contributed by atoms with Crippen LogP contribution in [0.1, 0.15) is 53.4 Å². The van der Waals surface area contributed by atoms with Crippen LogP contribution in [0.2, 0.25) is 0 Å². The average Bonchev–Trinajstić information content (AvgIpc) is 2.37. The molecule has 0 aromatic heterocycles. The van der Waals surface area contributed by atoms with Gasteiger partial charge in [0.2, 0.25) is 5.91 Å². The van der Waals surface area contributed by atoms with Crippen LogP contribution >= 0.6 is 0 Å². The molecule has 0 aliphatic heterocycles. The molecule has 2 unspecified atom stereocenters. The van der Waals surface area contributed by atoms with Gasteiger partial charge in [0.05, 0.1) is 5.92 Å². The first-order valence-corrected chi connectivity index (χ1v) is 5.97. The monoisotopic (exact) mass is 311 g/mol. The number of carboxylic acid groups (broad SMARTS) is 1. The summed E-state index contributed by atoms with van der Waals surface area (Å²) in [6.45, 7) is 4.52. The van der Waals surface area contributed by atoms with E-state index in [9.17, 15) is 14.4 Å². The Hall–Kier alpha value is -2.17. The Bertz CT molecular complexity index is 494. The molecular formula is C17H29NO4. The molecule has 2 N–H and O–H groups in total. The minimum Gasteiger partial charge on any atom is -0.481 e. The van der Waals surface area contributed by atoms with Crippen molar-refractivity contribution in [2.75, 3.05) is 5.32 Å². The summed E-state index contributed by atoms with van der Waals surface area (Å²) in [6, 6.07) is 6.46. The third kappa shape index (κ3) is 6.52. The molecule has 126 valence electrons. The lowest BCUT2D eigenvalue weighted by Crippen LogP contribution is -2.29. The number of benzene rings is 1. The second kappa shape index (κ2) is 10.5. The molecule has 1 amide bonds. The molecule has 0 spiro atoms. The molecule has 0 radical (unpaired) electrons. The highest BCUT2D eigenvalue weighted by atomic mass is 16.4. The Labute approximate surface area is 133 Å². The fourth-order valence-electron chi connectivity index (χ4n) is 1.49. The predicted octanol–water partition coefficient (Wildman–Crippen LogP) is 4.09. The number of hydrogen-bond donors (Lipinski definition) is 2. The predicted molar refractivity (Wildman–Crippen MR) is 91.2 cm³/mol. The van der Waals surface area contributed by atoms with Crippen molar-refractivity contribution in [3.05, 3.63) is 29.8 Å². The lowest BCUT2D eigenvalue weighted by Gasteiger charge is -2.15. The molecule has 0 aliphatic rings. The van der Waals surface area contributed by atoms with Crippen LogP contribution in [0.25, 0.3) is 0 Å². The molecule has 1 rings (SSSR count). The molecule has 0 saturated carbocycles. The molecule has 5 nitrogen and oxygen atoms in total. The van der Waals surface area contributed by atoms with Crippen molar-refractivity contribution in [2.45, 2.75) is 43.1 Å². The van der Waals surface area contributed by atoms with Crippen LogP contribution in [0.3, 0.4) is 0 Å². The van der Waals surface area contributed by atoms with Gasteiger partial charge in [0.15, 0.2) is 5.78 Å². The molecule has 1 aromatic carbocycles. The van der Waals surface area contributed by atoms with Gasteiger partial charge in [-0.3, -0.25) is 14.4 Å². The average molecular weight is 311 g/mol. The van der Waals surface area contributed by atoms with Crippen molar-refractivity contribution in [3.63, 3.8) is 0 Å².